The van der Waals surface area contributed by atoms with Crippen LogP contribution in [0.2, 0.25) is 5.02 Å². The lowest BCUT2D eigenvalue weighted by atomic mass is 10.3. The average molecular weight is 295 g/mol. The third-order valence-electron chi connectivity index (χ3n) is 3.45. The first kappa shape index (κ1) is 13.9. The highest BCUT2D eigenvalue weighted by Crippen LogP contribution is 2.42. The highest BCUT2D eigenvalue weighted by Gasteiger charge is 2.32. The molecule has 1 aromatic carbocycles. The van der Waals surface area contributed by atoms with Gasteiger partial charge in [0, 0.05) is 19.3 Å². The van der Waals surface area contributed by atoms with Crippen molar-refractivity contribution in [3.05, 3.63) is 29.0 Å². The molecule has 0 spiro atoms. The van der Waals surface area contributed by atoms with Crippen molar-refractivity contribution in [2.75, 3.05) is 13.2 Å². The molecule has 0 atom stereocenters. The van der Waals surface area contributed by atoms with Crippen LogP contribution in [-0.2, 0) is 9.47 Å². The van der Waals surface area contributed by atoms with Gasteiger partial charge in [-0.2, -0.15) is 0 Å². The third kappa shape index (κ3) is 2.43. The van der Waals surface area contributed by atoms with Crippen LogP contribution in [0.4, 0.5) is 0 Å². The molecular formula is C15H19ClN2O2. The SMILES string of the molecule is CCOC(OCC)c1nc2cccc(Cl)c2n1C1CC1. The molecule has 1 aromatic heterocycles. The molecule has 108 valence electrons. The number of rotatable bonds is 6. The zero-order chi connectivity index (χ0) is 14.1. The van der Waals surface area contributed by atoms with Crippen molar-refractivity contribution in [1.82, 2.24) is 9.55 Å². The number of halogens is 1. The second-order valence-electron chi connectivity index (χ2n) is 4.92. The van der Waals surface area contributed by atoms with Crippen LogP contribution in [0.5, 0.6) is 0 Å². The van der Waals surface area contributed by atoms with E-state index in [1.807, 2.05) is 32.0 Å². The number of aromatic nitrogens is 2. The number of hydrogen-bond donors (Lipinski definition) is 0. The first-order valence-electron chi connectivity index (χ1n) is 7.15. The molecule has 3 rings (SSSR count). The Morgan fingerprint density at radius 2 is 2.00 bits per heavy atom. The number of hydrogen-bond acceptors (Lipinski definition) is 3. The van der Waals surface area contributed by atoms with Crippen molar-refractivity contribution in [2.24, 2.45) is 0 Å². The molecule has 1 saturated carbocycles. The molecule has 0 bridgehead atoms. The zero-order valence-electron chi connectivity index (χ0n) is 11.8. The van der Waals surface area contributed by atoms with Gasteiger partial charge in [0.15, 0.2) is 5.82 Å². The van der Waals surface area contributed by atoms with Crippen LogP contribution in [0.25, 0.3) is 11.0 Å². The summed E-state index contributed by atoms with van der Waals surface area (Å²) in [5.41, 5.74) is 1.90. The third-order valence-corrected chi connectivity index (χ3v) is 3.75. The topological polar surface area (TPSA) is 36.3 Å². The van der Waals surface area contributed by atoms with E-state index in [1.165, 1.54) is 0 Å². The highest BCUT2D eigenvalue weighted by molar-refractivity contribution is 6.35. The van der Waals surface area contributed by atoms with E-state index in [0.29, 0.717) is 19.3 Å². The maximum absolute atomic E-state index is 6.36. The lowest BCUT2D eigenvalue weighted by molar-refractivity contribution is -0.146. The molecule has 0 amide bonds. The number of ether oxygens (including phenoxy) is 2. The fourth-order valence-corrected chi connectivity index (χ4v) is 2.75. The van der Waals surface area contributed by atoms with Gasteiger partial charge in [-0.15, -0.1) is 0 Å². The predicted octanol–water partition coefficient (Wildman–Crippen LogP) is 4.10. The monoisotopic (exact) mass is 294 g/mol. The quantitative estimate of drug-likeness (QED) is 0.753. The van der Waals surface area contributed by atoms with Crippen LogP contribution < -0.4 is 0 Å². The van der Waals surface area contributed by atoms with E-state index in [0.717, 1.165) is 34.7 Å². The second-order valence-corrected chi connectivity index (χ2v) is 5.33. The summed E-state index contributed by atoms with van der Waals surface area (Å²) < 4.78 is 13.6. The summed E-state index contributed by atoms with van der Waals surface area (Å²) in [6.07, 6.45) is 1.90. The molecule has 1 heterocycles. The Hall–Kier alpha value is -1.10. The summed E-state index contributed by atoms with van der Waals surface area (Å²) in [6.45, 7) is 5.10. The van der Waals surface area contributed by atoms with E-state index >= 15 is 0 Å². The molecule has 4 nitrogen and oxygen atoms in total. The minimum Gasteiger partial charge on any atom is -0.346 e. The molecule has 1 fully saturated rings. The molecule has 5 heteroatoms. The van der Waals surface area contributed by atoms with Crippen LogP contribution in [0, 0.1) is 0 Å². The maximum Gasteiger partial charge on any atom is 0.217 e. The van der Waals surface area contributed by atoms with Crippen molar-refractivity contribution in [3.8, 4) is 0 Å². The molecule has 0 N–H and O–H groups in total. The summed E-state index contributed by atoms with van der Waals surface area (Å²) >= 11 is 6.36. The first-order chi connectivity index (χ1) is 9.76. The molecular weight excluding hydrogens is 276 g/mol. The smallest absolute Gasteiger partial charge is 0.217 e. The lowest BCUT2D eigenvalue weighted by Gasteiger charge is -2.18. The Labute approximate surface area is 123 Å². The van der Waals surface area contributed by atoms with Gasteiger partial charge in [-0.25, -0.2) is 4.98 Å². The minimum absolute atomic E-state index is 0.422. The molecule has 20 heavy (non-hydrogen) atoms. The number of imidazole rings is 1. The van der Waals surface area contributed by atoms with Gasteiger partial charge in [0.25, 0.3) is 0 Å². The Morgan fingerprint density at radius 3 is 2.60 bits per heavy atom. The largest absolute Gasteiger partial charge is 0.346 e. The van der Waals surface area contributed by atoms with Gasteiger partial charge in [-0.05, 0) is 38.8 Å². The van der Waals surface area contributed by atoms with Crippen LogP contribution >= 0.6 is 11.6 Å². The molecule has 0 aliphatic heterocycles. The van der Waals surface area contributed by atoms with Crippen molar-refractivity contribution < 1.29 is 9.47 Å². The molecule has 0 unspecified atom stereocenters. The maximum atomic E-state index is 6.36. The summed E-state index contributed by atoms with van der Waals surface area (Å²) in [6, 6.07) is 6.29. The van der Waals surface area contributed by atoms with E-state index in [9.17, 15) is 0 Å². The van der Waals surface area contributed by atoms with Gasteiger partial charge in [0.05, 0.1) is 16.1 Å². The second kappa shape index (κ2) is 5.72. The van der Waals surface area contributed by atoms with E-state index in [2.05, 4.69) is 4.57 Å². The molecule has 2 aromatic rings. The highest BCUT2D eigenvalue weighted by atomic mass is 35.5. The van der Waals surface area contributed by atoms with Crippen molar-refractivity contribution in [2.45, 2.75) is 39.0 Å². The number of nitrogens with zero attached hydrogens (tertiary/aromatic N) is 2. The summed E-state index contributed by atoms with van der Waals surface area (Å²) in [5, 5.41) is 0.736. The molecule has 1 aliphatic carbocycles. The minimum atomic E-state index is -0.422. The summed E-state index contributed by atoms with van der Waals surface area (Å²) in [4.78, 5) is 4.70. The molecule has 0 saturated heterocycles. The van der Waals surface area contributed by atoms with Crippen LogP contribution in [-0.4, -0.2) is 22.8 Å². The van der Waals surface area contributed by atoms with Gasteiger partial charge < -0.3 is 14.0 Å². The fraction of sp³-hybridized carbons (Fsp3) is 0.533. The van der Waals surface area contributed by atoms with E-state index in [-0.39, 0.29) is 0 Å². The van der Waals surface area contributed by atoms with Crippen LogP contribution in [0.15, 0.2) is 18.2 Å². The summed E-state index contributed by atoms with van der Waals surface area (Å²) in [5.74, 6) is 0.833. The van der Waals surface area contributed by atoms with Gasteiger partial charge in [-0.3, -0.25) is 0 Å². The van der Waals surface area contributed by atoms with Crippen molar-refractivity contribution in [3.63, 3.8) is 0 Å². The van der Waals surface area contributed by atoms with Crippen LogP contribution in [0.1, 0.15) is 44.8 Å². The standard InChI is InChI=1S/C15H19ClN2O2/c1-3-19-15(20-4-2)14-17-12-7-5-6-11(16)13(12)18(14)10-8-9-10/h5-7,10,15H,3-4,8-9H2,1-2H3. The van der Waals surface area contributed by atoms with Gasteiger partial charge in [0.1, 0.15) is 0 Å². The Balaban J connectivity index is 2.13. The van der Waals surface area contributed by atoms with Gasteiger partial charge in [-0.1, -0.05) is 17.7 Å². The Bertz CT molecular complexity index is 601. The van der Waals surface area contributed by atoms with Crippen LogP contribution in [0.3, 0.4) is 0 Å². The molecule has 1 aliphatic rings. The lowest BCUT2D eigenvalue weighted by Crippen LogP contribution is -2.15. The Morgan fingerprint density at radius 1 is 1.30 bits per heavy atom. The van der Waals surface area contributed by atoms with Gasteiger partial charge in [0.2, 0.25) is 6.29 Å². The van der Waals surface area contributed by atoms with Crippen molar-refractivity contribution >= 4 is 22.6 Å². The van der Waals surface area contributed by atoms with E-state index in [1.54, 1.807) is 0 Å². The van der Waals surface area contributed by atoms with E-state index in [4.69, 9.17) is 26.1 Å². The van der Waals surface area contributed by atoms with Gasteiger partial charge >= 0.3 is 0 Å². The Kier molecular flexibility index (Phi) is 3.96. The average Bonchev–Trinajstić information content (AvgIpc) is 3.19. The fourth-order valence-electron chi connectivity index (χ4n) is 2.49. The number of para-hydroxylation sites is 1. The zero-order valence-corrected chi connectivity index (χ0v) is 12.6. The first-order valence-corrected chi connectivity index (χ1v) is 7.53. The normalized spacial score (nSPS) is 15.4. The predicted molar refractivity (Wildman–Crippen MR) is 79.0 cm³/mol. The number of fused-ring (bicyclic) bond motifs is 1. The molecule has 0 radical (unpaired) electrons. The summed E-state index contributed by atoms with van der Waals surface area (Å²) in [7, 11) is 0. The van der Waals surface area contributed by atoms with Crippen molar-refractivity contribution in [1.29, 1.82) is 0 Å². The van der Waals surface area contributed by atoms with E-state index < -0.39 is 6.29 Å². The number of benzene rings is 1.